The van der Waals surface area contributed by atoms with Crippen LogP contribution < -0.4 is 4.72 Å². The summed E-state index contributed by atoms with van der Waals surface area (Å²) >= 11 is 0. The lowest BCUT2D eigenvalue weighted by Gasteiger charge is -2.14. The number of para-hydroxylation sites is 2. The summed E-state index contributed by atoms with van der Waals surface area (Å²) in [5.41, 5.74) is 3.87. The van der Waals surface area contributed by atoms with E-state index >= 15 is 0 Å². The number of nitrogens with zero attached hydrogens (tertiary/aromatic N) is 1. The van der Waals surface area contributed by atoms with Crippen LogP contribution in [0.5, 0.6) is 0 Å². The highest BCUT2D eigenvalue weighted by Crippen LogP contribution is 2.26. The van der Waals surface area contributed by atoms with Gasteiger partial charge in [0.2, 0.25) is 0 Å². The highest BCUT2D eigenvalue weighted by atomic mass is 32.2. The van der Waals surface area contributed by atoms with Crippen molar-refractivity contribution < 1.29 is 18.3 Å². The molecule has 2 N–H and O–H groups in total. The fourth-order valence-electron chi connectivity index (χ4n) is 3.62. The molecule has 0 spiro atoms. The fourth-order valence-corrected chi connectivity index (χ4v) is 4.72. The van der Waals surface area contributed by atoms with Crippen LogP contribution in [-0.4, -0.2) is 24.1 Å². The molecular weight excluding hydrogens is 412 g/mol. The zero-order valence-corrected chi connectivity index (χ0v) is 17.8. The van der Waals surface area contributed by atoms with Crippen LogP contribution in [0.4, 0.5) is 5.69 Å². The second-order valence-corrected chi connectivity index (χ2v) is 9.13. The van der Waals surface area contributed by atoms with Crippen molar-refractivity contribution in [1.82, 2.24) is 4.57 Å². The number of carboxylic acids is 1. The third-order valence-corrected chi connectivity index (χ3v) is 6.53. The summed E-state index contributed by atoms with van der Waals surface area (Å²) in [5, 5.41) is 10.1. The van der Waals surface area contributed by atoms with Crippen molar-refractivity contribution in [3.05, 3.63) is 95.7 Å². The molecular formula is C24H22N2O4S. The molecule has 31 heavy (non-hydrogen) atoms. The molecule has 0 unspecified atom stereocenters. The molecule has 1 heterocycles. The number of benzene rings is 3. The van der Waals surface area contributed by atoms with Crippen LogP contribution in [0, 0.1) is 6.92 Å². The topological polar surface area (TPSA) is 88.4 Å². The summed E-state index contributed by atoms with van der Waals surface area (Å²) in [4.78, 5) is 11.5. The SMILES string of the molecule is Cc1ccc(S(=O)(=O)Nc2ccccc2Cn2cc(CC(=O)O)c3ccccc32)cc1. The van der Waals surface area contributed by atoms with Gasteiger partial charge in [0.05, 0.1) is 17.0 Å². The van der Waals surface area contributed by atoms with Gasteiger partial charge < -0.3 is 9.67 Å². The quantitative estimate of drug-likeness (QED) is 0.451. The molecule has 6 nitrogen and oxygen atoms in total. The van der Waals surface area contributed by atoms with E-state index in [2.05, 4.69) is 4.72 Å². The van der Waals surface area contributed by atoms with Crippen LogP contribution in [0.3, 0.4) is 0 Å². The van der Waals surface area contributed by atoms with Gasteiger partial charge in [0.15, 0.2) is 0 Å². The number of carboxylic acid groups (broad SMARTS) is 1. The Balaban J connectivity index is 1.69. The average molecular weight is 435 g/mol. The maximum atomic E-state index is 12.9. The Kier molecular flexibility index (Phi) is 5.52. The van der Waals surface area contributed by atoms with Gasteiger partial charge in [-0.05, 0) is 42.3 Å². The van der Waals surface area contributed by atoms with E-state index in [1.165, 1.54) is 0 Å². The first kappa shape index (κ1) is 20.7. The number of aryl methyl sites for hydroxylation is 1. The maximum Gasteiger partial charge on any atom is 0.307 e. The van der Waals surface area contributed by atoms with Gasteiger partial charge in [-0.3, -0.25) is 9.52 Å². The van der Waals surface area contributed by atoms with Gasteiger partial charge in [0.25, 0.3) is 10.0 Å². The van der Waals surface area contributed by atoms with Crippen LogP contribution in [-0.2, 0) is 27.8 Å². The molecule has 1 aromatic heterocycles. The number of fused-ring (bicyclic) bond motifs is 1. The van der Waals surface area contributed by atoms with Crippen molar-refractivity contribution in [2.45, 2.75) is 24.8 Å². The minimum Gasteiger partial charge on any atom is -0.481 e. The highest BCUT2D eigenvalue weighted by Gasteiger charge is 2.17. The number of carbonyl (C=O) groups is 1. The molecule has 0 aliphatic rings. The molecule has 0 bridgehead atoms. The standard InChI is InChI=1S/C24H22N2O4S/c1-17-10-12-20(13-11-17)31(29,30)25-22-8-4-2-6-18(22)15-26-16-19(14-24(27)28)21-7-3-5-9-23(21)26/h2-13,16,25H,14-15H2,1H3,(H,27,28). The van der Waals surface area contributed by atoms with Gasteiger partial charge in [0, 0.05) is 23.6 Å². The van der Waals surface area contributed by atoms with E-state index in [0.29, 0.717) is 12.2 Å². The molecule has 0 atom stereocenters. The highest BCUT2D eigenvalue weighted by molar-refractivity contribution is 7.92. The summed E-state index contributed by atoms with van der Waals surface area (Å²) in [6.45, 7) is 2.30. The number of aromatic nitrogens is 1. The summed E-state index contributed by atoms with van der Waals surface area (Å²) in [6.07, 6.45) is 1.75. The van der Waals surface area contributed by atoms with Gasteiger partial charge in [-0.2, -0.15) is 0 Å². The second-order valence-electron chi connectivity index (χ2n) is 7.45. The number of hydrogen-bond acceptors (Lipinski definition) is 3. The van der Waals surface area contributed by atoms with E-state index in [-0.39, 0.29) is 11.3 Å². The van der Waals surface area contributed by atoms with Crippen LogP contribution in [0.2, 0.25) is 0 Å². The predicted molar refractivity (Wildman–Crippen MR) is 121 cm³/mol. The van der Waals surface area contributed by atoms with Crippen LogP contribution in [0.1, 0.15) is 16.7 Å². The molecule has 158 valence electrons. The van der Waals surface area contributed by atoms with Crippen LogP contribution >= 0.6 is 0 Å². The zero-order valence-electron chi connectivity index (χ0n) is 16.9. The van der Waals surface area contributed by atoms with Crippen molar-refractivity contribution in [2.75, 3.05) is 4.72 Å². The molecule has 0 aliphatic heterocycles. The molecule has 0 aliphatic carbocycles. The molecule has 4 aromatic rings. The predicted octanol–water partition coefficient (Wildman–Crippen LogP) is 4.43. The lowest BCUT2D eigenvalue weighted by Crippen LogP contribution is -2.15. The summed E-state index contributed by atoms with van der Waals surface area (Å²) in [6, 6.07) is 21.5. The average Bonchev–Trinajstić information content (AvgIpc) is 3.06. The largest absolute Gasteiger partial charge is 0.481 e. The normalized spacial score (nSPS) is 11.5. The first-order valence-electron chi connectivity index (χ1n) is 9.79. The molecule has 3 aromatic carbocycles. The third-order valence-electron chi connectivity index (χ3n) is 5.15. The fraction of sp³-hybridized carbons (Fsp3) is 0.125. The van der Waals surface area contributed by atoms with Gasteiger partial charge in [-0.1, -0.05) is 54.1 Å². The summed E-state index contributed by atoms with van der Waals surface area (Å²) in [7, 11) is -3.74. The van der Waals surface area contributed by atoms with Gasteiger partial charge in [-0.15, -0.1) is 0 Å². The number of hydrogen-bond donors (Lipinski definition) is 2. The smallest absolute Gasteiger partial charge is 0.307 e. The maximum absolute atomic E-state index is 12.9. The lowest BCUT2D eigenvalue weighted by molar-refractivity contribution is -0.136. The second kappa shape index (κ2) is 8.28. The minimum atomic E-state index is -3.74. The van der Waals surface area contributed by atoms with Crippen LogP contribution in [0.15, 0.2) is 83.9 Å². The van der Waals surface area contributed by atoms with E-state index in [1.807, 2.05) is 54.1 Å². The van der Waals surface area contributed by atoms with Gasteiger partial charge in [-0.25, -0.2) is 8.42 Å². The van der Waals surface area contributed by atoms with E-state index < -0.39 is 16.0 Å². The van der Waals surface area contributed by atoms with E-state index in [9.17, 15) is 18.3 Å². The zero-order chi connectivity index (χ0) is 22.0. The molecule has 0 fully saturated rings. The van der Waals surface area contributed by atoms with Crippen molar-refractivity contribution >= 4 is 32.6 Å². The van der Waals surface area contributed by atoms with E-state index in [4.69, 9.17) is 0 Å². The van der Waals surface area contributed by atoms with Gasteiger partial charge >= 0.3 is 5.97 Å². The Morgan fingerprint density at radius 1 is 0.935 bits per heavy atom. The molecule has 0 saturated heterocycles. The van der Waals surface area contributed by atoms with Crippen molar-refractivity contribution in [3.8, 4) is 0 Å². The van der Waals surface area contributed by atoms with E-state index in [0.717, 1.165) is 27.6 Å². The first-order chi connectivity index (χ1) is 14.8. The molecule has 7 heteroatoms. The molecule has 4 rings (SSSR count). The Morgan fingerprint density at radius 2 is 1.61 bits per heavy atom. The number of rotatable bonds is 7. The van der Waals surface area contributed by atoms with E-state index in [1.54, 1.807) is 36.4 Å². The number of nitrogens with one attached hydrogen (secondary N) is 1. The summed E-state index contributed by atoms with van der Waals surface area (Å²) < 4.78 is 30.4. The minimum absolute atomic E-state index is 0.0742. The van der Waals surface area contributed by atoms with Crippen LogP contribution in [0.25, 0.3) is 10.9 Å². The number of aliphatic carboxylic acids is 1. The molecule has 0 radical (unpaired) electrons. The van der Waals surface area contributed by atoms with Crippen molar-refractivity contribution in [2.24, 2.45) is 0 Å². The molecule has 0 amide bonds. The van der Waals surface area contributed by atoms with Crippen molar-refractivity contribution in [3.63, 3.8) is 0 Å². The molecule has 0 saturated carbocycles. The Hall–Kier alpha value is -3.58. The Bertz CT molecular complexity index is 1360. The van der Waals surface area contributed by atoms with Gasteiger partial charge in [0.1, 0.15) is 0 Å². The lowest BCUT2D eigenvalue weighted by atomic mass is 10.1. The monoisotopic (exact) mass is 434 g/mol. The first-order valence-corrected chi connectivity index (χ1v) is 11.3. The third kappa shape index (κ3) is 4.46. The van der Waals surface area contributed by atoms with Crippen molar-refractivity contribution in [1.29, 1.82) is 0 Å². The Labute approximate surface area is 180 Å². The number of sulfonamides is 1. The summed E-state index contributed by atoms with van der Waals surface area (Å²) in [5.74, 6) is -0.894. The number of anilines is 1. The Morgan fingerprint density at radius 3 is 2.35 bits per heavy atom.